The van der Waals surface area contributed by atoms with Crippen molar-refractivity contribution in [3.63, 3.8) is 0 Å². The second kappa shape index (κ2) is 4.16. The van der Waals surface area contributed by atoms with Crippen molar-refractivity contribution in [1.82, 2.24) is 4.98 Å². The molecule has 0 aliphatic carbocycles. The van der Waals surface area contributed by atoms with Crippen LogP contribution in [0, 0.1) is 0 Å². The zero-order valence-electron chi connectivity index (χ0n) is 9.67. The average molecular weight is 259 g/mol. The van der Waals surface area contributed by atoms with Gasteiger partial charge in [0.2, 0.25) is 6.79 Å². The zero-order chi connectivity index (χ0) is 13.4. The molecule has 6 nitrogen and oxygen atoms in total. The Kier molecular flexibility index (Phi) is 2.49. The van der Waals surface area contributed by atoms with E-state index in [2.05, 4.69) is 4.98 Å². The number of rotatable bonds is 3. The van der Waals surface area contributed by atoms with Gasteiger partial charge in [0.1, 0.15) is 5.69 Å². The van der Waals surface area contributed by atoms with Crippen LogP contribution in [0.25, 0.3) is 0 Å². The predicted octanol–water partition coefficient (Wildman–Crippen LogP) is 1.67. The summed E-state index contributed by atoms with van der Waals surface area (Å²) < 4.78 is 10.3. The Morgan fingerprint density at radius 1 is 1.11 bits per heavy atom. The van der Waals surface area contributed by atoms with Gasteiger partial charge < -0.3 is 19.6 Å². The number of ketones is 1. The summed E-state index contributed by atoms with van der Waals surface area (Å²) in [5.74, 6) is -0.275. The highest BCUT2D eigenvalue weighted by molar-refractivity contribution is 6.10. The molecule has 0 amide bonds. The molecule has 1 aliphatic rings. The molecular formula is C13H9NO5. The fourth-order valence-corrected chi connectivity index (χ4v) is 1.85. The number of fused-ring (bicyclic) bond motifs is 1. The number of aromatic nitrogens is 1. The van der Waals surface area contributed by atoms with E-state index in [4.69, 9.17) is 14.6 Å². The van der Waals surface area contributed by atoms with Crippen LogP contribution < -0.4 is 9.47 Å². The number of aromatic carboxylic acids is 1. The fourth-order valence-electron chi connectivity index (χ4n) is 1.85. The van der Waals surface area contributed by atoms with E-state index in [-0.39, 0.29) is 23.8 Å². The molecule has 0 saturated heterocycles. The predicted molar refractivity (Wildman–Crippen MR) is 63.7 cm³/mol. The van der Waals surface area contributed by atoms with Gasteiger partial charge >= 0.3 is 5.97 Å². The number of carbonyl (C=O) groups excluding carboxylic acids is 1. The molecule has 2 aromatic rings. The molecule has 0 unspecified atom stereocenters. The first-order valence-electron chi connectivity index (χ1n) is 5.51. The van der Waals surface area contributed by atoms with E-state index in [0.717, 1.165) is 0 Å². The lowest BCUT2D eigenvalue weighted by Crippen LogP contribution is -2.00. The van der Waals surface area contributed by atoms with Crippen LogP contribution in [0.1, 0.15) is 26.4 Å². The van der Waals surface area contributed by atoms with Crippen molar-refractivity contribution in [3.05, 3.63) is 47.3 Å². The first-order chi connectivity index (χ1) is 9.15. The van der Waals surface area contributed by atoms with Crippen molar-refractivity contribution < 1.29 is 24.2 Å². The van der Waals surface area contributed by atoms with Crippen LogP contribution in [0.5, 0.6) is 11.5 Å². The zero-order valence-corrected chi connectivity index (χ0v) is 9.67. The van der Waals surface area contributed by atoms with E-state index in [1.54, 1.807) is 18.2 Å². The molecule has 6 heteroatoms. The largest absolute Gasteiger partial charge is 0.477 e. The molecule has 3 rings (SSSR count). The lowest BCUT2D eigenvalue weighted by atomic mass is 10.1. The number of ether oxygens (including phenoxy) is 2. The molecule has 96 valence electrons. The molecule has 19 heavy (non-hydrogen) atoms. The number of benzene rings is 1. The monoisotopic (exact) mass is 259 g/mol. The Labute approximate surface area is 107 Å². The summed E-state index contributed by atoms with van der Waals surface area (Å²) in [6.45, 7) is 0.139. The summed E-state index contributed by atoms with van der Waals surface area (Å²) in [5, 5.41) is 8.80. The number of H-pyrrole nitrogens is 1. The van der Waals surface area contributed by atoms with Crippen LogP contribution in [0.4, 0.5) is 0 Å². The normalized spacial score (nSPS) is 12.4. The Morgan fingerprint density at radius 2 is 1.89 bits per heavy atom. The van der Waals surface area contributed by atoms with Crippen molar-refractivity contribution in [2.24, 2.45) is 0 Å². The first kappa shape index (κ1) is 11.3. The third kappa shape index (κ3) is 1.93. The Hall–Kier alpha value is -2.76. The maximum atomic E-state index is 12.2. The van der Waals surface area contributed by atoms with Crippen molar-refractivity contribution in [2.75, 3.05) is 6.79 Å². The van der Waals surface area contributed by atoms with Crippen LogP contribution in [-0.2, 0) is 0 Å². The van der Waals surface area contributed by atoms with Crippen LogP contribution >= 0.6 is 0 Å². The second-order valence-electron chi connectivity index (χ2n) is 4.00. The van der Waals surface area contributed by atoms with Gasteiger partial charge in [-0.1, -0.05) is 0 Å². The summed E-state index contributed by atoms with van der Waals surface area (Å²) in [7, 11) is 0. The Morgan fingerprint density at radius 3 is 2.63 bits per heavy atom. The van der Waals surface area contributed by atoms with Crippen LogP contribution in [-0.4, -0.2) is 28.6 Å². The number of hydrogen-bond donors (Lipinski definition) is 2. The van der Waals surface area contributed by atoms with Gasteiger partial charge in [0.25, 0.3) is 0 Å². The van der Waals surface area contributed by atoms with Gasteiger partial charge in [-0.3, -0.25) is 4.79 Å². The maximum Gasteiger partial charge on any atom is 0.352 e. The lowest BCUT2D eigenvalue weighted by Gasteiger charge is -2.00. The van der Waals surface area contributed by atoms with Crippen LogP contribution in [0.15, 0.2) is 30.5 Å². The summed E-state index contributed by atoms with van der Waals surface area (Å²) in [6.07, 6.45) is 1.37. The number of carboxylic acid groups (broad SMARTS) is 1. The highest BCUT2D eigenvalue weighted by atomic mass is 16.7. The van der Waals surface area contributed by atoms with Crippen LogP contribution in [0.2, 0.25) is 0 Å². The highest BCUT2D eigenvalue weighted by Crippen LogP contribution is 2.33. The smallest absolute Gasteiger partial charge is 0.352 e. The number of carboxylic acids is 1. The molecular weight excluding hydrogens is 250 g/mol. The average Bonchev–Trinajstić information content (AvgIpc) is 3.06. The summed E-state index contributed by atoms with van der Waals surface area (Å²) in [5.41, 5.74) is 0.681. The first-order valence-corrected chi connectivity index (χ1v) is 5.51. The minimum Gasteiger partial charge on any atom is -0.477 e. The van der Waals surface area contributed by atoms with Gasteiger partial charge in [-0.05, 0) is 24.3 Å². The summed E-state index contributed by atoms with van der Waals surface area (Å²) in [4.78, 5) is 25.5. The third-order valence-electron chi connectivity index (χ3n) is 2.81. The number of nitrogens with one attached hydrogen (secondary N) is 1. The van der Waals surface area contributed by atoms with Gasteiger partial charge in [-0.15, -0.1) is 0 Å². The van der Waals surface area contributed by atoms with Crippen molar-refractivity contribution in [2.45, 2.75) is 0 Å². The van der Waals surface area contributed by atoms with E-state index < -0.39 is 5.97 Å². The van der Waals surface area contributed by atoms with E-state index in [0.29, 0.717) is 17.1 Å². The van der Waals surface area contributed by atoms with E-state index in [1.807, 2.05) is 0 Å². The molecule has 0 fully saturated rings. The molecule has 0 saturated carbocycles. The Balaban J connectivity index is 1.92. The molecule has 0 radical (unpaired) electrons. The van der Waals surface area contributed by atoms with Crippen molar-refractivity contribution in [1.29, 1.82) is 0 Å². The minimum atomic E-state index is -1.11. The Bertz CT molecular complexity index is 673. The number of carbonyl (C=O) groups is 2. The van der Waals surface area contributed by atoms with E-state index in [1.165, 1.54) is 12.3 Å². The quantitative estimate of drug-likeness (QED) is 0.818. The SMILES string of the molecule is O=C(c1c[nH]c(C(=O)O)c1)c1ccc2c(c1)OCO2. The van der Waals surface area contributed by atoms with Crippen molar-refractivity contribution >= 4 is 11.8 Å². The molecule has 1 aromatic carbocycles. The topological polar surface area (TPSA) is 88.6 Å². The summed E-state index contributed by atoms with van der Waals surface area (Å²) >= 11 is 0. The van der Waals surface area contributed by atoms with Gasteiger partial charge in [0.05, 0.1) is 0 Å². The van der Waals surface area contributed by atoms with E-state index >= 15 is 0 Å². The molecule has 2 N–H and O–H groups in total. The molecule has 2 heterocycles. The highest BCUT2D eigenvalue weighted by Gasteiger charge is 2.18. The van der Waals surface area contributed by atoms with Gasteiger partial charge in [-0.2, -0.15) is 0 Å². The van der Waals surface area contributed by atoms with Crippen LogP contribution in [0.3, 0.4) is 0 Å². The van der Waals surface area contributed by atoms with Gasteiger partial charge in [0, 0.05) is 17.3 Å². The number of hydrogen-bond acceptors (Lipinski definition) is 4. The molecule has 1 aliphatic heterocycles. The standard InChI is InChI=1S/C13H9NO5/c15-12(8-3-9(13(16)17)14-5-8)7-1-2-10-11(4-7)19-6-18-10/h1-5,14H,6H2,(H,16,17). The number of aromatic amines is 1. The second-order valence-corrected chi connectivity index (χ2v) is 4.00. The maximum absolute atomic E-state index is 12.2. The molecule has 0 bridgehead atoms. The fraction of sp³-hybridized carbons (Fsp3) is 0.0769. The lowest BCUT2D eigenvalue weighted by molar-refractivity contribution is 0.0691. The molecule has 0 spiro atoms. The summed E-state index contributed by atoms with van der Waals surface area (Å²) in [6, 6.07) is 6.15. The minimum absolute atomic E-state index is 0.0240. The van der Waals surface area contributed by atoms with E-state index in [9.17, 15) is 9.59 Å². The third-order valence-corrected chi connectivity index (χ3v) is 2.81. The van der Waals surface area contributed by atoms with Gasteiger partial charge in [-0.25, -0.2) is 4.79 Å². The molecule has 1 aromatic heterocycles. The molecule has 0 atom stereocenters. The van der Waals surface area contributed by atoms with Gasteiger partial charge in [0.15, 0.2) is 17.3 Å². The van der Waals surface area contributed by atoms with Crippen molar-refractivity contribution in [3.8, 4) is 11.5 Å².